The molecule has 0 fully saturated rings. The maximum absolute atomic E-state index is 12.1. The van der Waals surface area contributed by atoms with Gasteiger partial charge in [0.2, 0.25) is 0 Å². The molecule has 1 aromatic carbocycles. The summed E-state index contributed by atoms with van der Waals surface area (Å²) in [6.45, 7) is 3.76. The van der Waals surface area contributed by atoms with Crippen molar-refractivity contribution in [3.05, 3.63) is 35.9 Å². The molecule has 110 valence electrons. The van der Waals surface area contributed by atoms with E-state index < -0.39 is 17.4 Å². The standard InChI is InChI=1S/C16H22O4/c1-3-11-16(14(17)18,15(19)20-4-2)12-10-13-8-6-5-7-9-13/h5-9H,3-4,10-12H2,1-2H3,(H,17,18). The van der Waals surface area contributed by atoms with Gasteiger partial charge in [0.15, 0.2) is 5.41 Å². The molecule has 0 aliphatic heterocycles. The van der Waals surface area contributed by atoms with Gasteiger partial charge in [0, 0.05) is 0 Å². The van der Waals surface area contributed by atoms with Crippen LogP contribution in [0.15, 0.2) is 30.3 Å². The Bertz CT molecular complexity index is 441. The van der Waals surface area contributed by atoms with Crippen molar-refractivity contribution in [1.82, 2.24) is 0 Å². The summed E-state index contributed by atoms with van der Waals surface area (Å²) in [5.41, 5.74) is -0.404. The highest BCUT2D eigenvalue weighted by atomic mass is 16.5. The van der Waals surface area contributed by atoms with Gasteiger partial charge in [-0.15, -0.1) is 0 Å². The SMILES string of the molecule is CCCC(CCc1ccccc1)(C(=O)O)C(=O)OCC. The predicted octanol–water partition coefficient (Wildman–Crippen LogP) is 3.05. The number of aliphatic carboxylic acids is 1. The Hall–Kier alpha value is -1.84. The van der Waals surface area contributed by atoms with Crippen molar-refractivity contribution in [1.29, 1.82) is 0 Å². The molecule has 0 aromatic heterocycles. The molecule has 0 aliphatic carbocycles. The van der Waals surface area contributed by atoms with Gasteiger partial charge in [-0.25, -0.2) is 0 Å². The van der Waals surface area contributed by atoms with Crippen molar-refractivity contribution in [2.75, 3.05) is 6.61 Å². The van der Waals surface area contributed by atoms with E-state index in [1.807, 2.05) is 37.3 Å². The second-order valence-corrected chi connectivity index (χ2v) is 4.84. The van der Waals surface area contributed by atoms with Crippen LogP contribution in [-0.2, 0) is 20.7 Å². The minimum atomic E-state index is -1.43. The molecule has 0 heterocycles. The van der Waals surface area contributed by atoms with E-state index in [9.17, 15) is 14.7 Å². The first kappa shape index (κ1) is 16.2. The molecule has 4 nitrogen and oxygen atoms in total. The average molecular weight is 278 g/mol. The first-order chi connectivity index (χ1) is 9.56. The Labute approximate surface area is 119 Å². The van der Waals surface area contributed by atoms with Crippen LogP contribution >= 0.6 is 0 Å². The van der Waals surface area contributed by atoms with E-state index in [1.54, 1.807) is 6.92 Å². The van der Waals surface area contributed by atoms with Gasteiger partial charge in [0.1, 0.15) is 0 Å². The molecule has 0 bridgehead atoms. The number of carboxylic acids is 1. The summed E-state index contributed by atoms with van der Waals surface area (Å²) in [5, 5.41) is 9.53. The summed E-state index contributed by atoms with van der Waals surface area (Å²) in [5.74, 6) is -1.71. The lowest BCUT2D eigenvalue weighted by molar-refractivity contribution is -0.169. The van der Waals surface area contributed by atoms with E-state index in [0.29, 0.717) is 19.3 Å². The number of hydrogen-bond acceptors (Lipinski definition) is 3. The van der Waals surface area contributed by atoms with E-state index in [1.165, 1.54) is 0 Å². The summed E-state index contributed by atoms with van der Waals surface area (Å²) in [6.07, 6.45) is 1.73. The summed E-state index contributed by atoms with van der Waals surface area (Å²) >= 11 is 0. The monoisotopic (exact) mass is 278 g/mol. The minimum absolute atomic E-state index is 0.197. The zero-order valence-electron chi connectivity index (χ0n) is 12.1. The lowest BCUT2D eigenvalue weighted by Gasteiger charge is -2.26. The number of rotatable bonds is 8. The number of ether oxygens (including phenoxy) is 1. The third-order valence-corrected chi connectivity index (χ3v) is 3.44. The lowest BCUT2D eigenvalue weighted by Crippen LogP contribution is -2.41. The third kappa shape index (κ3) is 3.83. The topological polar surface area (TPSA) is 63.6 Å². The molecule has 0 radical (unpaired) electrons. The number of carbonyl (C=O) groups is 2. The van der Waals surface area contributed by atoms with Crippen molar-refractivity contribution in [2.24, 2.45) is 5.41 Å². The van der Waals surface area contributed by atoms with Gasteiger partial charge in [-0.1, -0.05) is 43.7 Å². The number of carbonyl (C=O) groups excluding carboxylic acids is 1. The van der Waals surface area contributed by atoms with E-state index in [4.69, 9.17) is 4.74 Å². The Morgan fingerprint density at radius 3 is 2.30 bits per heavy atom. The van der Waals surface area contributed by atoms with Crippen LogP contribution in [0.3, 0.4) is 0 Å². The molecule has 0 amide bonds. The van der Waals surface area contributed by atoms with Gasteiger partial charge < -0.3 is 9.84 Å². The molecule has 0 aliphatic rings. The fraction of sp³-hybridized carbons (Fsp3) is 0.500. The van der Waals surface area contributed by atoms with Crippen molar-refractivity contribution in [3.63, 3.8) is 0 Å². The molecular weight excluding hydrogens is 256 g/mol. The largest absolute Gasteiger partial charge is 0.480 e. The highest BCUT2D eigenvalue weighted by Crippen LogP contribution is 2.32. The molecule has 0 saturated carbocycles. The van der Waals surface area contributed by atoms with E-state index in [0.717, 1.165) is 5.56 Å². The normalized spacial score (nSPS) is 13.5. The van der Waals surface area contributed by atoms with Crippen LogP contribution in [0.2, 0.25) is 0 Å². The fourth-order valence-corrected chi connectivity index (χ4v) is 2.33. The highest BCUT2D eigenvalue weighted by Gasteiger charge is 2.46. The zero-order chi connectivity index (χ0) is 15.0. The quantitative estimate of drug-likeness (QED) is 0.586. The second kappa shape index (κ2) is 7.68. The number of hydrogen-bond donors (Lipinski definition) is 1. The van der Waals surface area contributed by atoms with Crippen LogP contribution in [0, 0.1) is 5.41 Å². The van der Waals surface area contributed by atoms with E-state index in [2.05, 4.69) is 0 Å². The molecule has 1 rings (SSSR count). The summed E-state index contributed by atoms with van der Waals surface area (Å²) in [4.78, 5) is 23.8. The number of carboxylic acid groups (broad SMARTS) is 1. The number of aryl methyl sites for hydroxylation is 1. The molecular formula is C16H22O4. The first-order valence-electron chi connectivity index (χ1n) is 7.01. The van der Waals surface area contributed by atoms with Crippen molar-refractivity contribution < 1.29 is 19.4 Å². The summed E-state index contributed by atoms with van der Waals surface area (Å²) in [6, 6.07) is 9.59. The van der Waals surface area contributed by atoms with Gasteiger partial charge in [-0.05, 0) is 31.7 Å². The second-order valence-electron chi connectivity index (χ2n) is 4.84. The predicted molar refractivity (Wildman–Crippen MR) is 76.4 cm³/mol. The first-order valence-corrected chi connectivity index (χ1v) is 7.01. The van der Waals surface area contributed by atoms with E-state index in [-0.39, 0.29) is 13.0 Å². The van der Waals surface area contributed by atoms with Gasteiger partial charge in [-0.3, -0.25) is 9.59 Å². The molecule has 0 spiro atoms. The molecule has 1 N–H and O–H groups in total. The number of benzene rings is 1. The van der Waals surface area contributed by atoms with Crippen LogP contribution in [0.1, 0.15) is 38.7 Å². The van der Waals surface area contributed by atoms with Crippen LogP contribution in [0.25, 0.3) is 0 Å². The highest BCUT2D eigenvalue weighted by molar-refractivity contribution is 5.99. The van der Waals surface area contributed by atoms with Gasteiger partial charge in [0.05, 0.1) is 6.61 Å². The van der Waals surface area contributed by atoms with E-state index >= 15 is 0 Å². The van der Waals surface area contributed by atoms with Gasteiger partial charge in [-0.2, -0.15) is 0 Å². The van der Waals surface area contributed by atoms with Crippen molar-refractivity contribution >= 4 is 11.9 Å². The Balaban J connectivity index is 2.91. The Morgan fingerprint density at radius 2 is 1.80 bits per heavy atom. The van der Waals surface area contributed by atoms with Crippen LogP contribution in [-0.4, -0.2) is 23.7 Å². The maximum atomic E-state index is 12.1. The average Bonchev–Trinajstić information content (AvgIpc) is 2.44. The van der Waals surface area contributed by atoms with Crippen LogP contribution < -0.4 is 0 Å². The number of esters is 1. The Morgan fingerprint density at radius 1 is 1.15 bits per heavy atom. The summed E-state index contributed by atoms with van der Waals surface area (Å²) < 4.78 is 4.99. The fourth-order valence-electron chi connectivity index (χ4n) is 2.33. The summed E-state index contributed by atoms with van der Waals surface area (Å²) in [7, 11) is 0. The smallest absolute Gasteiger partial charge is 0.323 e. The zero-order valence-corrected chi connectivity index (χ0v) is 12.1. The van der Waals surface area contributed by atoms with Crippen LogP contribution in [0.4, 0.5) is 0 Å². The van der Waals surface area contributed by atoms with Crippen molar-refractivity contribution in [2.45, 2.75) is 39.5 Å². The molecule has 1 unspecified atom stereocenters. The maximum Gasteiger partial charge on any atom is 0.323 e. The molecule has 20 heavy (non-hydrogen) atoms. The molecule has 4 heteroatoms. The third-order valence-electron chi connectivity index (χ3n) is 3.44. The van der Waals surface area contributed by atoms with Crippen LogP contribution in [0.5, 0.6) is 0 Å². The Kier molecular flexibility index (Phi) is 6.22. The lowest BCUT2D eigenvalue weighted by atomic mass is 9.78. The minimum Gasteiger partial charge on any atom is -0.480 e. The van der Waals surface area contributed by atoms with Gasteiger partial charge >= 0.3 is 11.9 Å². The molecule has 1 atom stereocenters. The van der Waals surface area contributed by atoms with Crippen molar-refractivity contribution in [3.8, 4) is 0 Å². The van der Waals surface area contributed by atoms with Gasteiger partial charge in [0.25, 0.3) is 0 Å². The molecule has 1 aromatic rings. The molecule has 0 saturated heterocycles.